The number of ether oxygens (including phenoxy) is 3. The van der Waals surface area contributed by atoms with Crippen LogP contribution in [-0.4, -0.2) is 31.6 Å². The van der Waals surface area contributed by atoms with E-state index in [2.05, 4.69) is 10.2 Å². The minimum absolute atomic E-state index is 0.611. The highest BCUT2D eigenvalue weighted by Gasteiger charge is 2.15. The molecule has 14 heavy (non-hydrogen) atoms. The molecule has 0 bridgehead atoms. The molecule has 75 valence electrons. The van der Waals surface area contributed by atoms with Gasteiger partial charge in [-0.1, -0.05) is 6.07 Å². The summed E-state index contributed by atoms with van der Waals surface area (Å²) >= 11 is 0. The number of aryl methyl sites for hydroxylation is 1. The minimum atomic E-state index is 0.611. The van der Waals surface area contributed by atoms with Crippen molar-refractivity contribution >= 4 is 15.4 Å². The highest BCUT2D eigenvalue weighted by atomic mass is 28.1. The normalized spacial score (nSPS) is 9.79. The van der Waals surface area contributed by atoms with Crippen LogP contribution in [0.5, 0.6) is 17.2 Å². The Labute approximate surface area is 87.4 Å². The van der Waals surface area contributed by atoms with Crippen LogP contribution in [0.2, 0.25) is 0 Å². The highest BCUT2D eigenvalue weighted by molar-refractivity contribution is 6.34. The fourth-order valence-corrected chi connectivity index (χ4v) is 1.83. The second kappa shape index (κ2) is 4.37. The Morgan fingerprint density at radius 2 is 1.43 bits per heavy atom. The molecule has 0 aromatic heterocycles. The Morgan fingerprint density at radius 1 is 0.929 bits per heavy atom. The Hall–Kier alpha value is -1.16. The Bertz CT molecular complexity index is 308. The maximum absolute atomic E-state index is 5.24. The third-order valence-corrected chi connectivity index (χ3v) is 2.36. The van der Waals surface area contributed by atoms with E-state index in [-0.39, 0.29) is 0 Å². The third-order valence-electron chi connectivity index (χ3n) is 1.99. The van der Waals surface area contributed by atoms with Gasteiger partial charge in [-0.2, -0.15) is 0 Å². The van der Waals surface area contributed by atoms with Crippen molar-refractivity contribution < 1.29 is 14.2 Å². The number of benzene rings is 1. The quantitative estimate of drug-likeness (QED) is 0.690. The SMILES string of the molecule is COc1c(C)cc([Si])c(OC)c1OC. The first-order chi connectivity index (χ1) is 6.65. The van der Waals surface area contributed by atoms with Gasteiger partial charge in [0.1, 0.15) is 0 Å². The molecule has 0 fully saturated rings. The van der Waals surface area contributed by atoms with Crippen LogP contribution in [0.15, 0.2) is 6.07 Å². The zero-order valence-corrected chi connectivity index (χ0v) is 9.80. The van der Waals surface area contributed by atoms with Crippen LogP contribution < -0.4 is 19.4 Å². The van der Waals surface area contributed by atoms with Gasteiger partial charge >= 0.3 is 0 Å². The molecule has 3 nitrogen and oxygen atoms in total. The molecular weight excluding hydrogens is 196 g/mol. The Morgan fingerprint density at radius 3 is 1.86 bits per heavy atom. The van der Waals surface area contributed by atoms with Crippen LogP contribution >= 0.6 is 0 Å². The van der Waals surface area contributed by atoms with E-state index < -0.39 is 0 Å². The van der Waals surface area contributed by atoms with E-state index in [0.717, 1.165) is 10.8 Å². The van der Waals surface area contributed by atoms with Gasteiger partial charge in [0.2, 0.25) is 5.75 Å². The molecule has 0 spiro atoms. The van der Waals surface area contributed by atoms with Gasteiger partial charge in [0, 0.05) is 0 Å². The van der Waals surface area contributed by atoms with Gasteiger partial charge in [-0.25, -0.2) is 0 Å². The summed E-state index contributed by atoms with van der Waals surface area (Å²) in [6.07, 6.45) is 0. The monoisotopic (exact) mass is 209 g/mol. The predicted octanol–water partition coefficient (Wildman–Crippen LogP) is 0.815. The lowest BCUT2D eigenvalue weighted by Gasteiger charge is -2.16. The van der Waals surface area contributed by atoms with Gasteiger partial charge in [0.15, 0.2) is 11.5 Å². The molecule has 1 aromatic carbocycles. The second-order valence-electron chi connectivity index (χ2n) is 2.84. The molecule has 0 amide bonds. The molecule has 3 radical (unpaired) electrons. The van der Waals surface area contributed by atoms with Crippen molar-refractivity contribution in [2.24, 2.45) is 0 Å². The van der Waals surface area contributed by atoms with Gasteiger partial charge in [-0.05, 0) is 17.7 Å². The number of hydrogen-bond donors (Lipinski definition) is 0. The van der Waals surface area contributed by atoms with Gasteiger partial charge in [-0.15, -0.1) is 0 Å². The lowest BCUT2D eigenvalue weighted by atomic mass is 10.2. The molecule has 0 heterocycles. The molecule has 4 heteroatoms. The number of methoxy groups -OCH3 is 3. The molecule has 0 saturated heterocycles. The molecule has 0 atom stereocenters. The van der Waals surface area contributed by atoms with Crippen molar-refractivity contribution in [1.82, 2.24) is 0 Å². The number of hydrogen-bond acceptors (Lipinski definition) is 3. The van der Waals surface area contributed by atoms with E-state index in [4.69, 9.17) is 14.2 Å². The summed E-state index contributed by atoms with van der Waals surface area (Å²) in [6.45, 7) is 1.95. The first-order valence-electron chi connectivity index (χ1n) is 4.16. The minimum Gasteiger partial charge on any atom is -0.493 e. The van der Waals surface area contributed by atoms with E-state index >= 15 is 0 Å². The van der Waals surface area contributed by atoms with Crippen LogP contribution in [0.25, 0.3) is 0 Å². The van der Waals surface area contributed by atoms with E-state index in [9.17, 15) is 0 Å². The maximum Gasteiger partial charge on any atom is 0.203 e. The fraction of sp³-hybridized carbons (Fsp3) is 0.400. The molecule has 0 saturated carbocycles. The topological polar surface area (TPSA) is 27.7 Å². The molecule has 0 N–H and O–H groups in total. The molecule has 0 aliphatic heterocycles. The zero-order chi connectivity index (χ0) is 10.7. The summed E-state index contributed by atoms with van der Waals surface area (Å²) in [7, 11) is 8.25. The summed E-state index contributed by atoms with van der Waals surface area (Å²) in [6, 6.07) is 1.93. The van der Waals surface area contributed by atoms with Crippen molar-refractivity contribution in [2.45, 2.75) is 6.92 Å². The first kappa shape index (κ1) is 10.9. The van der Waals surface area contributed by atoms with Crippen molar-refractivity contribution in [3.05, 3.63) is 11.6 Å². The second-order valence-corrected chi connectivity index (χ2v) is 3.38. The fourth-order valence-electron chi connectivity index (χ4n) is 1.39. The van der Waals surface area contributed by atoms with Gasteiger partial charge in [0.05, 0.1) is 31.6 Å². The summed E-state index contributed by atoms with van der Waals surface area (Å²) in [5.74, 6) is 1.96. The van der Waals surface area contributed by atoms with Gasteiger partial charge in [0.25, 0.3) is 0 Å². The maximum atomic E-state index is 5.24. The van der Waals surface area contributed by atoms with Crippen molar-refractivity contribution in [1.29, 1.82) is 0 Å². The summed E-state index contributed by atoms with van der Waals surface area (Å²) < 4.78 is 15.7. The van der Waals surface area contributed by atoms with E-state index in [1.54, 1.807) is 21.3 Å². The van der Waals surface area contributed by atoms with E-state index in [1.165, 1.54) is 0 Å². The van der Waals surface area contributed by atoms with Crippen molar-refractivity contribution in [3.8, 4) is 17.2 Å². The summed E-state index contributed by atoms with van der Waals surface area (Å²) in [5, 5.41) is 0.850. The van der Waals surface area contributed by atoms with Gasteiger partial charge < -0.3 is 14.2 Å². The Balaban J connectivity index is 3.43. The average molecular weight is 209 g/mol. The largest absolute Gasteiger partial charge is 0.493 e. The lowest BCUT2D eigenvalue weighted by molar-refractivity contribution is 0.324. The summed E-state index contributed by atoms with van der Waals surface area (Å²) in [5.41, 5.74) is 0.996. The van der Waals surface area contributed by atoms with Crippen LogP contribution in [0.4, 0.5) is 0 Å². The van der Waals surface area contributed by atoms with Crippen LogP contribution in [0.1, 0.15) is 5.56 Å². The molecule has 0 aliphatic rings. The first-order valence-corrected chi connectivity index (χ1v) is 4.66. The molecule has 1 rings (SSSR count). The van der Waals surface area contributed by atoms with E-state index in [0.29, 0.717) is 17.2 Å². The van der Waals surface area contributed by atoms with Gasteiger partial charge in [-0.3, -0.25) is 0 Å². The van der Waals surface area contributed by atoms with E-state index in [1.807, 2.05) is 13.0 Å². The van der Waals surface area contributed by atoms with Crippen LogP contribution in [-0.2, 0) is 0 Å². The Kier molecular flexibility index (Phi) is 3.41. The van der Waals surface area contributed by atoms with Crippen LogP contribution in [0.3, 0.4) is 0 Å². The molecule has 1 aromatic rings. The predicted molar refractivity (Wildman–Crippen MR) is 56.2 cm³/mol. The smallest absolute Gasteiger partial charge is 0.203 e. The third kappa shape index (κ3) is 1.70. The molecule has 0 unspecified atom stereocenters. The number of rotatable bonds is 3. The average Bonchev–Trinajstić information content (AvgIpc) is 2.16. The van der Waals surface area contributed by atoms with Crippen molar-refractivity contribution in [3.63, 3.8) is 0 Å². The molecule has 0 aliphatic carbocycles. The lowest BCUT2D eigenvalue weighted by Crippen LogP contribution is -2.11. The summed E-state index contributed by atoms with van der Waals surface area (Å²) in [4.78, 5) is 0. The highest BCUT2D eigenvalue weighted by Crippen LogP contribution is 2.37. The molecular formula is C10H13O3Si. The zero-order valence-electron chi connectivity index (χ0n) is 8.80. The van der Waals surface area contributed by atoms with Crippen LogP contribution in [0, 0.1) is 6.92 Å². The standard InChI is InChI=1S/C10H13O3Si/c1-6-5-7(14)9(12-3)10(13-4)8(6)11-2/h5H,1-4H3. The van der Waals surface area contributed by atoms with Crippen molar-refractivity contribution in [2.75, 3.05) is 21.3 Å².